The molecule has 7 heteroatoms. The molecule has 0 aliphatic carbocycles. The molecular formula is C12H20N4O3. The summed E-state index contributed by atoms with van der Waals surface area (Å²) in [4.78, 5) is 26.5. The van der Waals surface area contributed by atoms with Crippen molar-refractivity contribution in [2.24, 2.45) is 13.0 Å². The molecule has 3 N–H and O–H groups in total. The van der Waals surface area contributed by atoms with Crippen molar-refractivity contribution in [1.82, 2.24) is 20.2 Å². The number of hydrogen-bond acceptors (Lipinski definition) is 3. The lowest BCUT2D eigenvalue weighted by molar-refractivity contribution is -0.141. The highest BCUT2D eigenvalue weighted by molar-refractivity contribution is 5.75. The van der Waals surface area contributed by atoms with E-state index in [1.807, 2.05) is 14.0 Å². The number of rotatable bonds is 7. The minimum absolute atomic E-state index is 0.134. The van der Waals surface area contributed by atoms with E-state index in [1.54, 1.807) is 17.0 Å². The molecule has 1 aromatic rings. The maximum absolute atomic E-state index is 11.5. The molecule has 0 saturated carbocycles. The van der Waals surface area contributed by atoms with Gasteiger partial charge in [-0.25, -0.2) is 9.78 Å². The van der Waals surface area contributed by atoms with Crippen LogP contribution < -0.4 is 10.6 Å². The van der Waals surface area contributed by atoms with Crippen molar-refractivity contribution < 1.29 is 14.7 Å². The number of carboxylic acids is 1. The maximum atomic E-state index is 11.5. The van der Waals surface area contributed by atoms with Gasteiger partial charge in [0.25, 0.3) is 0 Å². The standard InChI is InChI=1S/C12H20N4O3/c1-3-4-9(11(17)18)7-14-12(19)15-8-10-13-5-6-16(10)2/h5-6,9H,3-4,7-8H2,1-2H3,(H,17,18)(H2,14,15,19). The monoisotopic (exact) mass is 268 g/mol. The zero-order chi connectivity index (χ0) is 14.3. The largest absolute Gasteiger partial charge is 0.481 e. The molecule has 0 aliphatic rings. The van der Waals surface area contributed by atoms with Crippen molar-refractivity contribution in [1.29, 1.82) is 0 Å². The van der Waals surface area contributed by atoms with E-state index in [2.05, 4.69) is 15.6 Å². The average molecular weight is 268 g/mol. The normalized spacial score (nSPS) is 11.9. The first-order valence-corrected chi connectivity index (χ1v) is 6.25. The van der Waals surface area contributed by atoms with E-state index < -0.39 is 11.9 Å². The SMILES string of the molecule is CCCC(CNC(=O)NCc1nccn1C)C(=O)O. The van der Waals surface area contributed by atoms with Gasteiger partial charge in [-0.05, 0) is 6.42 Å². The predicted octanol–water partition coefficient (Wildman–Crippen LogP) is 0.720. The summed E-state index contributed by atoms with van der Waals surface area (Å²) in [5, 5.41) is 14.1. The van der Waals surface area contributed by atoms with Crippen LogP contribution >= 0.6 is 0 Å². The van der Waals surface area contributed by atoms with Crippen LogP contribution in [0.3, 0.4) is 0 Å². The predicted molar refractivity (Wildman–Crippen MR) is 69.5 cm³/mol. The zero-order valence-electron chi connectivity index (χ0n) is 11.2. The van der Waals surface area contributed by atoms with Gasteiger partial charge in [0.15, 0.2) is 0 Å². The molecule has 1 rings (SSSR count). The fraction of sp³-hybridized carbons (Fsp3) is 0.583. The number of nitrogens with zero attached hydrogens (tertiary/aromatic N) is 2. The number of carboxylic acid groups (broad SMARTS) is 1. The summed E-state index contributed by atoms with van der Waals surface area (Å²) in [5.74, 6) is -0.686. The molecule has 106 valence electrons. The number of nitrogens with one attached hydrogen (secondary N) is 2. The van der Waals surface area contributed by atoms with Crippen molar-refractivity contribution in [3.05, 3.63) is 18.2 Å². The number of aliphatic carboxylic acids is 1. The number of amides is 2. The van der Waals surface area contributed by atoms with Crippen LogP contribution in [0, 0.1) is 5.92 Å². The summed E-state index contributed by atoms with van der Waals surface area (Å²) < 4.78 is 1.80. The maximum Gasteiger partial charge on any atom is 0.315 e. The van der Waals surface area contributed by atoms with Crippen molar-refractivity contribution in [3.8, 4) is 0 Å². The Morgan fingerprint density at radius 2 is 2.21 bits per heavy atom. The Morgan fingerprint density at radius 3 is 2.74 bits per heavy atom. The topological polar surface area (TPSA) is 96.3 Å². The lowest BCUT2D eigenvalue weighted by Crippen LogP contribution is -2.39. The molecule has 1 unspecified atom stereocenters. The van der Waals surface area contributed by atoms with Crippen molar-refractivity contribution in [2.45, 2.75) is 26.3 Å². The molecule has 1 heterocycles. The summed E-state index contributed by atoms with van der Waals surface area (Å²) >= 11 is 0. The number of aryl methyl sites for hydroxylation is 1. The molecule has 0 fully saturated rings. The van der Waals surface area contributed by atoms with Crippen LogP contribution in [-0.4, -0.2) is 33.2 Å². The van der Waals surface area contributed by atoms with Crippen molar-refractivity contribution >= 4 is 12.0 Å². The smallest absolute Gasteiger partial charge is 0.315 e. The Hall–Kier alpha value is -2.05. The molecule has 2 amide bonds. The van der Waals surface area contributed by atoms with Gasteiger partial charge in [0.1, 0.15) is 5.82 Å². The number of carbonyl (C=O) groups excluding carboxylic acids is 1. The van der Waals surface area contributed by atoms with Crippen LogP contribution in [0.25, 0.3) is 0 Å². The first-order valence-electron chi connectivity index (χ1n) is 6.25. The van der Waals surface area contributed by atoms with Gasteiger partial charge >= 0.3 is 12.0 Å². The van der Waals surface area contributed by atoms with Gasteiger partial charge in [-0.3, -0.25) is 4.79 Å². The molecule has 0 aliphatic heterocycles. The number of carbonyl (C=O) groups is 2. The summed E-state index contributed by atoms with van der Waals surface area (Å²) in [7, 11) is 1.84. The molecule has 0 bridgehead atoms. The molecule has 1 aromatic heterocycles. The van der Waals surface area contributed by atoms with Crippen LogP contribution in [0.4, 0.5) is 4.79 Å². The molecule has 0 aromatic carbocycles. The van der Waals surface area contributed by atoms with E-state index in [1.165, 1.54) is 0 Å². The van der Waals surface area contributed by atoms with Gasteiger partial charge in [-0.2, -0.15) is 0 Å². The van der Waals surface area contributed by atoms with E-state index in [4.69, 9.17) is 5.11 Å². The molecule has 1 atom stereocenters. The number of imidazole rings is 1. The Morgan fingerprint density at radius 1 is 1.47 bits per heavy atom. The fourth-order valence-corrected chi connectivity index (χ4v) is 1.67. The van der Waals surface area contributed by atoms with E-state index in [0.717, 1.165) is 12.2 Å². The van der Waals surface area contributed by atoms with E-state index in [-0.39, 0.29) is 12.6 Å². The molecule has 0 saturated heterocycles. The summed E-state index contributed by atoms with van der Waals surface area (Å²) in [6.07, 6.45) is 4.76. The lowest BCUT2D eigenvalue weighted by Gasteiger charge is -2.13. The van der Waals surface area contributed by atoms with E-state index >= 15 is 0 Å². The van der Waals surface area contributed by atoms with Gasteiger partial charge in [0.05, 0.1) is 12.5 Å². The zero-order valence-corrected chi connectivity index (χ0v) is 11.2. The van der Waals surface area contributed by atoms with Crippen LogP contribution in [0.1, 0.15) is 25.6 Å². The highest BCUT2D eigenvalue weighted by atomic mass is 16.4. The number of urea groups is 1. The van der Waals surface area contributed by atoms with Gasteiger partial charge in [-0.15, -0.1) is 0 Å². The Labute approximate surface area is 112 Å². The van der Waals surface area contributed by atoms with Crippen LogP contribution in [0.5, 0.6) is 0 Å². The third kappa shape index (κ3) is 4.99. The van der Waals surface area contributed by atoms with Gasteiger partial charge < -0.3 is 20.3 Å². The molecule has 0 spiro atoms. The Bertz CT molecular complexity index is 430. The highest BCUT2D eigenvalue weighted by Crippen LogP contribution is 2.04. The van der Waals surface area contributed by atoms with Crippen molar-refractivity contribution in [3.63, 3.8) is 0 Å². The van der Waals surface area contributed by atoms with Crippen LogP contribution in [0.15, 0.2) is 12.4 Å². The first-order chi connectivity index (χ1) is 9.04. The lowest BCUT2D eigenvalue weighted by atomic mass is 10.0. The molecule has 7 nitrogen and oxygen atoms in total. The second-order valence-corrected chi connectivity index (χ2v) is 4.34. The highest BCUT2D eigenvalue weighted by Gasteiger charge is 2.17. The van der Waals surface area contributed by atoms with E-state index in [9.17, 15) is 9.59 Å². The van der Waals surface area contributed by atoms with Crippen LogP contribution in [0.2, 0.25) is 0 Å². The number of aromatic nitrogens is 2. The minimum Gasteiger partial charge on any atom is -0.481 e. The first kappa shape index (κ1) is 15.0. The third-order valence-electron chi connectivity index (χ3n) is 2.82. The summed E-state index contributed by atoms with van der Waals surface area (Å²) in [6.45, 7) is 2.35. The second kappa shape index (κ2) is 7.40. The fourth-order valence-electron chi connectivity index (χ4n) is 1.67. The third-order valence-corrected chi connectivity index (χ3v) is 2.82. The Kier molecular flexibility index (Phi) is 5.84. The minimum atomic E-state index is -0.883. The Balaban J connectivity index is 2.31. The molecule has 0 radical (unpaired) electrons. The quantitative estimate of drug-likeness (QED) is 0.679. The second-order valence-electron chi connectivity index (χ2n) is 4.34. The molecular weight excluding hydrogens is 248 g/mol. The van der Waals surface area contributed by atoms with Gasteiger partial charge in [-0.1, -0.05) is 13.3 Å². The van der Waals surface area contributed by atoms with Gasteiger partial charge in [0, 0.05) is 26.0 Å². The van der Waals surface area contributed by atoms with Crippen molar-refractivity contribution in [2.75, 3.05) is 6.54 Å². The molecule has 19 heavy (non-hydrogen) atoms. The summed E-state index contributed by atoms with van der Waals surface area (Å²) in [5.41, 5.74) is 0. The van der Waals surface area contributed by atoms with Gasteiger partial charge in [0.2, 0.25) is 0 Å². The summed E-state index contributed by atoms with van der Waals surface area (Å²) in [6, 6.07) is -0.384. The number of hydrogen-bond donors (Lipinski definition) is 3. The van der Waals surface area contributed by atoms with E-state index in [0.29, 0.717) is 13.0 Å². The average Bonchev–Trinajstić information content (AvgIpc) is 2.77. The van der Waals surface area contributed by atoms with Crippen LogP contribution in [-0.2, 0) is 18.4 Å².